The summed E-state index contributed by atoms with van der Waals surface area (Å²) in [6.07, 6.45) is 2.25. The van der Waals surface area contributed by atoms with E-state index < -0.39 is 26.0 Å². The minimum Gasteiger partial charge on any atom is -0.463 e. The number of allylic oxidation sites excluding steroid dienone is 1. The SMILES string of the molecule is C=CC[C@H](/C(=C/C(=O)OCC)OP(=O)(OCC)OCC)C(OC)OC. The Balaban J connectivity index is 5.83. The van der Waals surface area contributed by atoms with Crippen molar-refractivity contribution in [3.05, 3.63) is 24.5 Å². The zero-order chi connectivity index (χ0) is 19.3. The number of phosphoric acid groups is 1. The third kappa shape index (κ3) is 8.65. The number of phosphoric ester groups is 1. The van der Waals surface area contributed by atoms with E-state index in [9.17, 15) is 9.36 Å². The highest BCUT2D eigenvalue weighted by atomic mass is 31.2. The molecule has 0 rings (SSSR count). The summed E-state index contributed by atoms with van der Waals surface area (Å²) in [7, 11) is -1.03. The summed E-state index contributed by atoms with van der Waals surface area (Å²) in [5, 5.41) is 0. The van der Waals surface area contributed by atoms with E-state index in [2.05, 4.69) is 6.58 Å². The van der Waals surface area contributed by atoms with Crippen LogP contribution in [-0.4, -0.2) is 46.3 Å². The maximum absolute atomic E-state index is 12.7. The number of hydrogen-bond acceptors (Lipinski definition) is 8. The third-order valence-corrected chi connectivity index (χ3v) is 4.50. The Morgan fingerprint density at radius 3 is 2.04 bits per heavy atom. The van der Waals surface area contributed by atoms with Gasteiger partial charge in [0, 0.05) is 14.2 Å². The van der Waals surface area contributed by atoms with E-state index in [1.807, 2.05) is 0 Å². The van der Waals surface area contributed by atoms with Gasteiger partial charge in [0.25, 0.3) is 0 Å². The summed E-state index contributed by atoms with van der Waals surface area (Å²) in [5.74, 6) is -1.25. The summed E-state index contributed by atoms with van der Waals surface area (Å²) < 4.78 is 43.9. The van der Waals surface area contributed by atoms with E-state index in [1.54, 1.807) is 26.8 Å². The summed E-state index contributed by atoms with van der Waals surface area (Å²) in [6, 6.07) is 0. The van der Waals surface area contributed by atoms with Crippen LogP contribution in [0.3, 0.4) is 0 Å². The van der Waals surface area contributed by atoms with Gasteiger partial charge in [0.1, 0.15) is 5.76 Å². The lowest BCUT2D eigenvalue weighted by molar-refractivity contribution is -0.139. The largest absolute Gasteiger partial charge is 0.529 e. The van der Waals surface area contributed by atoms with Crippen LogP contribution in [-0.2, 0) is 37.1 Å². The number of hydrogen-bond donors (Lipinski definition) is 0. The summed E-state index contributed by atoms with van der Waals surface area (Å²) in [4.78, 5) is 11.9. The molecule has 0 unspecified atom stereocenters. The molecule has 0 heterocycles. The molecule has 0 fully saturated rings. The molecule has 8 nitrogen and oxygen atoms in total. The van der Waals surface area contributed by atoms with Gasteiger partial charge in [-0.2, -0.15) is 0 Å². The second-order valence-electron chi connectivity index (χ2n) is 4.64. The zero-order valence-electron chi connectivity index (χ0n) is 15.6. The summed E-state index contributed by atoms with van der Waals surface area (Å²) >= 11 is 0. The van der Waals surface area contributed by atoms with Crippen molar-refractivity contribution in [1.29, 1.82) is 0 Å². The minimum atomic E-state index is -3.91. The van der Waals surface area contributed by atoms with Gasteiger partial charge in [-0.25, -0.2) is 9.36 Å². The molecule has 0 aromatic rings. The first kappa shape index (κ1) is 23.8. The Morgan fingerprint density at radius 2 is 1.64 bits per heavy atom. The Kier molecular flexibility index (Phi) is 12.5. The molecule has 0 amide bonds. The highest BCUT2D eigenvalue weighted by molar-refractivity contribution is 7.48. The molecule has 146 valence electrons. The second-order valence-corrected chi connectivity index (χ2v) is 6.24. The molecule has 0 aliphatic rings. The van der Waals surface area contributed by atoms with Gasteiger partial charge in [0.2, 0.25) is 0 Å². The van der Waals surface area contributed by atoms with Crippen molar-refractivity contribution in [2.45, 2.75) is 33.5 Å². The molecule has 0 saturated heterocycles. The van der Waals surface area contributed by atoms with Crippen molar-refractivity contribution in [2.75, 3.05) is 34.0 Å². The number of carbonyl (C=O) groups excluding carboxylic acids is 1. The van der Waals surface area contributed by atoms with Crippen LogP contribution in [0.4, 0.5) is 0 Å². The number of carbonyl (C=O) groups is 1. The van der Waals surface area contributed by atoms with Gasteiger partial charge in [0.15, 0.2) is 6.29 Å². The topological polar surface area (TPSA) is 89.5 Å². The van der Waals surface area contributed by atoms with Gasteiger partial charge in [-0.05, 0) is 27.2 Å². The van der Waals surface area contributed by atoms with E-state index in [4.69, 9.17) is 27.8 Å². The normalized spacial score (nSPS) is 13.6. The van der Waals surface area contributed by atoms with E-state index in [1.165, 1.54) is 14.2 Å². The summed E-state index contributed by atoms with van der Waals surface area (Å²) in [6.45, 7) is 9.04. The van der Waals surface area contributed by atoms with Crippen LogP contribution < -0.4 is 0 Å². The molecule has 1 atom stereocenters. The lowest BCUT2D eigenvalue weighted by Crippen LogP contribution is -2.28. The first-order chi connectivity index (χ1) is 11.9. The van der Waals surface area contributed by atoms with Crippen LogP contribution in [0.5, 0.6) is 0 Å². The zero-order valence-corrected chi connectivity index (χ0v) is 16.5. The first-order valence-electron chi connectivity index (χ1n) is 8.04. The van der Waals surface area contributed by atoms with Crippen molar-refractivity contribution < 1.29 is 37.1 Å². The molecule has 0 aliphatic heterocycles. The van der Waals surface area contributed by atoms with Gasteiger partial charge in [-0.1, -0.05) is 6.08 Å². The maximum atomic E-state index is 12.7. The van der Waals surface area contributed by atoms with Crippen molar-refractivity contribution in [2.24, 2.45) is 5.92 Å². The number of ether oxygens (including phenoxy) is 3. The Labute approximate surface area is 149 Å². The van der Waals surface area contributed by atoms with Gasteiger partial charge < -0.3 is 18.7 Å². The smallest absolute Gasteiger partial charge is 0.463 e. The minimum absolute atomic E-state index is 0.0114. The van der Waals surface area contributed by atoms with Crippen molar-refractivity contribution in [1.82, 2.24) is 0 Å². The average molecular weight is 380 g/mol. The summed E-state index contributed by atoms with van der Waals surface area (Å²) in [5.41, 5.74) is 0. The fraction of sp³-hybridized carbons (Fsp3) is 0.688. The molecule has 9 heteroatoms. The molecule has 0 N–H and O–H groups in total. The van der Waals surface area contributed by atoms with E-state index in [-0.39, 0.29) is 25.6 Å². The van der Waals surface area contributed by atoms with Crippen LogP contribution in [0.2, 0.25) is 0 Å². The Hall–Kier alpha value is -1.18. The monoisotopic (exact) mass is 380 g/mol. The maximum Gasteiger partial charge on any atom is 0.529 e. The van der Waals surface area contributed by atoms with Crippen LogP contribution in [0.25, 0.3) is 0 Å². The van der Waals surface area contributed by atoms with Crippen LogP contribution in [0.15, 0.2) is 24.5 Å². The van der Waals surface area contributed by atoms with E-state index >= 15 is 0 Å². The average Bonchev–Trinajstić information content (AvgIpc) is 2.55. The fourth-order valence-electron chi connectivity index (χ4n) is 2.00. The fourth-order valence-corrected chi connectivity index (χ4v) is 3.26. The van der Waals surface area contributed by atoms with Crippen LogP contribution in [0, 0.1) is 5.92 Å². The number of methoxy groups -OCH3 is 2. The quantitative estimate of drug-likeness (QED) is 0.113. The lowest BCUT2D eigenvalue weighted by atomic mass is 10.0. The Bertz CT molecular complexity index is 463. The van der Waals surface area contributed by atoms with Gasteiger partial charge >= 0.3 is 13.8 Å². The van der Waals surface area contributed by atoms with Gasteiger partial charge in [-0.3, -0.25) is 9.05 Å². The molecule has 0 aliphatic carbocycles. The van der Waals surface area contributed by atoms with E-state index in [0.717, 1.165) is 6.08 Å². The molecule has 0 saturated carbocycles. The Morgan fingerprint density at radius 1 is 1.08 bits per heavy atom. The van der Waals surface area contributed by atoms with Gasteiger partial charge in [0.05, 0.1) is 31.8 Å². The van der Waals surface area contributed by atoms with E-state index in [0.29, 0.717) is 6.42 Å². The number of esters is 1. The van der Waals surface area contributed by atoms with Gasteiger partial charge in [-0.15, -0.1) is 6.58 Å². The molecular formula is C16H29O8P. The lowest BCUT2D eigenvalue weighted by Gasteiger charge is -2.28. The first-order valence-corrected chi connectivity index (χ1v) is 9.50. The van der Waals surface area contributed by atoms with Crippen molar-refractivity contribution >= 4 is 13.8 Å². The molecule has 0 radical (unpaired) electrons. The molecule has 0 bridgehead atoms. The molecule has 0 spiro atoms. The van der Waals surface area contributed by atoms with Crippen molar-refractivity contribution in [3.8, 4) is 0 Å². The highest BCUT2D eigenvalue weighted by Crippen LogP contribution is 2.52. The highest BCUT2D eigenvalue weighted by Gasteiger charge is 2.35. The number of rotatable bonds is 14. The van der Waals surface area contributed by atoms with Crippen molar-refractivity contribution in [3.63, 3.8) is 0 Å². The predicted octanol–water partition coefficient (Wildman–Crippen LogP) is 3.44. The molecule has 0 aromatic heterocycles. The van der Waals surface area contributed by atoms with Crippen LogP contribution >= 0.6 is 7.82 Å². The molecular weight excluding hydrogens is 351 g/mol. The molecule has 25 heavy (non-hydrogen) atoms. The standard InChI is InChI=1S/C16H29O8P/c1-7-11-13(16(19-5)20-6)14(12-15(17)21-8-2)24-25(18,22-9-3)23-10-4/h7,12-13,16H,1,8-11H2,2-6H3/b14-12-/t13-/m1/s1. The predicted molar refractivity (Wildman–Crippen MR) is 92.8 cm³/mol. The molecule has 0 aromatic carbocycles. The third-order valence-electron chi connectivity index (χ3n) is 2.92. The second kappa shape index (κ2) is 13.1. The van der Waals surface area contributed by atoms with Crippen LogP contribution in [0.1, 0.15) is 27.2 Å².